The first-order chi connectivity index (χ1) is 31.8. The van der Waals surface area contributed by atoms with Gasteiger partial charge in [0.2, 0.25) is 0 Å². The summed E-state index contributed by atoms with van der Waals surface area (Å²) in [5.74, 6) is 0. The van der Waals surface area contributed by atoms with E-state index in [4.69, 9.17) is 0 Å². The van der Waals surface area contributed by atoms with Gasteiger partial charge < -0.3 is 9.80 Å². The summed E-state index contributed by atoms with van der Waals surface area (Å²) in [6.45, 7) is 0. The van der Waals surface area contributed by atoms with Crippen molar-refractivity contribution in [3.05, 3.63) is 255 Å². The first kappa shape index (κ1) is 38.0. The molecule has 0 saturated carbocycles. The maximum absolute atomic E-state index is 2.78. The zero-order valence-corrected chi connectivity index (χ0v) is 36.9. The molecule has 4 heteroatoms. The van der Waals surface area contributed by atoms with E-state index in [-0.39, 0.29) is 0 Å². The second-order valence-corrected chi connectivity index (χ2v) is 21.2. The summed E-state index contributed by atoms with van der Waals surface area (Å²) in [5.41, 5.74) is 11.8. The van der Waals surface area contributed by atoms with Crippen LogP contribution in [0.15, 0.2) is 255 Å². The molecule has 1 aliphatic rings. The van der Waals surface area contributed by atoms with E-state index in [1.165, 1.54) is 80.2 Å². The third-order valence-corrected chi connectivity index (χ3v) is 19.0. The van der Waals surface area contributed by atoms with Crippen LogP contribution < -0.4 is 30.5 Å². The van der Waals surface area contributed by atoms with Gasteiger partial charge in [-0.15, -0.1) is 11.3 Å². The fraction of sp³-hybridized carbons (Fsp3) is 0. The molecule has 0 unspecified atom stereocenters. The molecular formula is C60H42N2SSi. The summed E-state index contributed by atoms with van der Waals surface area (Å²) < 4.78 is 2.58. The van der Waals surface area contributed by atoms with Crippen LogP contribution in [0.4, 0.5) is 34.1 Å². The quantitative estimate of drug-likeness (QED) is 0.141. The minimum Gasteiger partial charge on any atom is -0.311 e. The Hall–Kier alpha value is -7.76. The number of thiophene rings is 1. The molecule has 2 heterocycles. The van der Waals surface area contributed by atoms with E-state index in [1.54, 1.807) is 0 Å². The number of nitrogens with zero attached hydrogens (tertiary/aromatic N) is 2. The molecule has 12 rings (SSSR count). The van der Waals surface area contributed by atoms with Crippen molar-refractivity contribution in [2.75, 3.05) is 9.80 Å². The van der Waals surface area contributed by atoms with E-state index >= 15 is 0 Å². The number of hydrogen-bond donors (Lipinski definition) is 0. The molecule has 0 fully saturated rings. The summed E-state index contributed by atoms with van der Waals surface area (Å²) >= 11 is 1.87. The second kappa shape index (κ2) is 15.9. The highest BCUT2D eigenvalue weighted by Crippen LogP contribution is 2.46. The Labute approximate surface area is 379 Å². The molecule has 0 radical (unpaired) electrons. The van der Waals surface area contributed by atoms with Crippen LogP contribution in [-0.4, -0.2) is 8.07 Å². The van der Waals surface area contributed by atoms with Crippen molar-refractivity contribution in [3.63, 3.8) is 0 Å². The van der Waals surface area contributed by atoms with Crippen LogP contribution in [0.3, 0.4) is 0 Å². The number of fused-ring (bicyclic) bond motifs is 5. The smallest absolute Gasteiger partial charge is 0.184 e. The van der Waals surface area contributed by atoms with Gasteiger partial charge >= 0.3 is 0 Å². The second-order valence-electron chi connectivity index (χ2n) is 16.4. The summed E-state index contributed by atoms with van der Waals surface area (Å²) in [4.78, 5) is 4.92. The fourth-order valence-corrected chi connectivity index (χ4v) is 16.4. The lowest BCUT2D eigenvalue weighted by Gasteiger charge is -2.45. The average molecular weight is 851 g/mol. The van der Waals surface area contributed by atoms with E-state index in [0.29, 0.717) is 0 Å². The minimum absolute atomic E-state index is 1.11. The van der Waals surface area contributed by atoms with Crippen LogP contribution in [0.2, 0.25) is 0 Å². The predicted molar refractivity (Wildman–Crippen MR) is 277 cm³/mol. The Balaban J connectivity index is 1.02. The minimum atomic E-state index is -2.78. The van der Waals surface area contributed by atoms with Gasteiger partial charge in [0.1, 0.15) is 0 Å². The van der Waals surface area contributed by atoms with Crippen LogP contribution in [0, 0.1) is 0 Å². The van der Waals surface area contributed by atoms with E-state index in [9.17, 15) is 0 Å². The Morgan fingerprint density at radius 1 is 0.359 bits per heavy atom. The summed E-state index contributed by atoms with van der Waals surface area (Å²) in [5, 5.41) is 8.12. The van der Waals surface area contributed by atoms with Crippen molar-refractivity contribution in [1.29, 1.82) is 0 Å². The molecule has 2 nitrogen and oxygen atoms in total. The highest BCUT2D eigenvalue weighted by Gasteiger charge is 2.48. The number of rotatable bonds is 8. The summed E-state index contributed by atoms with van der Waals surface area (Å²) in [6.07, 6.45) is 0. The van der Waals surface area contributed by atoms with Gasteiger partial charge in [-0.3, -0.25) is 0 Å². The zero-order chi connectivity index (χ0) is 42.5. The van der Waals surface area contributed by atoms with E-state index in [2.05, 4.69) is 265 Å². The number of anilines is 6. The predicted octanol–water partition coefficient (Wildman–Crippen LogP) is 14.0. The number of benzene rings is 10. The Kier molecular flexibility index (Phi) is 9.40. The molecule has 0 aliphatic carbocycles. The SMILES string of the molecule is c1ccc(-c2ccc(N(c3ccc(-c4ccc5c(c4)N(c4ccccc4)c4ccccc4[Si]5(c4ccccc4)c4ccccc4)cc3)c3cccc4c3sc3ccccc34)cc2)cc1. The molecule has 0 atom stereocenters. The Morgan fingerprint density at radius 2 is 0.859 bits per heavy atom. The molecule has 11 aromatic rings. The third kappa shape index (κ3) is 6.22. The molecule has 0 saturated heterocycles. The van der Waals surface area contributed by atoms with Gasteiger partial charge in [-0.1, -0.05) is 194 Å². The Bertz CT molecular complexity index is 3380. The average Bonchev–Trinajstić information content (AvgIpc) is 3.77. The zero-order valence-electron chi connectivity index (χ0n) is 35.1. The largest absolute Gasteiger partial charge is 0.311 e. The highest BCUT2D eigenvalue weighted by molar-refractivity contribution is 7.26. The van der Waals surface area contributed by atoms with E-state index in [1.807, 2.05) is 11.3 Å². The van der Waals surface area contributed by atoms with Gasteiger partial charge in [-0.2, -0.15) is 0 Å². The van der Waals surface area contributed by atoms with Crippen molar-refractivity contribution in [2.45, 2.75) is 0 Å². The summed E-state index contributed by atoms with van der Waals surface area (Å²) in [6, 6.07) is 94.1. The maximum Gasteiger partial charge on any atom is 0.184 e. The lowest BCUT2D eigenvalue weighted by atomic mass is 10.0. The van der Waals surface area contributed by atoms with Crippen LogP contribution in [0.25, 0.3) is 42.4 Å². The number of hydrogen-bond acceptors (Lipinski definition) is 3. The molecular weight excluding hydrogens is 809 g/mol. The lowest BCUT2D eigenvalue weighted by molar-refractivity contribution is 1.29. The van der Waals surface area contributed by atoms with Crippen LogP contribution in [0.5, 0.6) is 0 Å². The molecule has 0 spiro atoms. The van der Waals surface area contributed by atoms with Crippen molar-refractivity contribution in [3.8, 4) is 22.3 Å². The third-order valence-electron chi connectivity index (χ3n) is 12.9. The van der Waals surface area contributed by atoms with Gasteiger partial charge in [-0.25, -0.2) is 0 Å². The van der Waals surface area contributed by atoms with Crippen molar-refractivity contribution < 1.29 is 0 Å². The van der Waals surface area contributed by atoms with Crippen molar-refractivity contribution >= 4 is 94.5 Å². The first-order valence-corrected chi connectivity index (χ1v) is 24.7. The molecule has 10 aromatic carbocycles. The van der Waals surface area contributed by atoms with Gasteiger partial charge in [-0.05, 0) is 104 Å². The molecule has 1 aromatic heterocycles. The topological polar surface area (TPSA) is 6.48 Å². The molecule has 0 bridgehead atoms. The monoisotopic (exact) mass is 850 g/mol. The molecule has 64 heavy (non-hydrogen) atoms. The lowest BCUT2D eigenvalue weighted by Crippen LogP contribution is -2.77. The Morgan fingerprint density at radius 3 is 1.53 bits per heavy atom. The van der Waals surface area contributed by atoms with E-state index < -0.39 is 8.07 Å². The standard InChI is InChI=1S/C60H42N2SSi/c1-5-18-43(19-6-1)44-32-37-48(38-33-44)61(55-29-17-27-53-52-26-13-15-30-57(52)63-60(53)55)49-39-34-45(35-40-49)46-36-41-59-56(42-46)62(47-20-7-2-8-21-47)54-28-14-16-31-58(54)64(59,50-22-9-3-10-23-50)51-24-11-4-12-25-51/h1-42H. The molecule has 302 valence electrons. The van der Waals surface area contributed by atoms with Crippen molar-refractivity contribution in [2.24, 2.45) is 0 Å². The molecule has 1 aliphatic heterocycles. The van der Waals surface area contributed by atoms with Gasteiger partial charge in [0.05, 0.1) is 10.4 Å². The van der Waals surface area contributed by atoms with Gasteiger partial charge in [0.15, 0.2) is 8.07 Å². The van der Waals surface area contributed by atoms with Crippen LogP contribution >= 0.6 is 11.3 Å². The van der Waals surface area contributed by atoms with Crippen molar-refractivity contribution in [1.82, 2.24) is 0 Å². The van der Waals surface area contributed by atoms with E-state index in [0.717, 1.165) is 17.1 Å². The first-order valence-electron chi connectivity index (χ1n) is 21.9. The molecule has 0 N–H and O–H groups in total. The van der Waals surface area contributed by atoms with Gasteiger partial charge in [0.25, 0.3) is 0 Å². The normalized spacial score (nSPS) is 12.8. The number of para-hydroxylation sites is 2. The highest BCUT2D eigenvalue weighted by atomic mass is 32.1. The summed E-state index contributed by atoms with van der Waals surface area (Å²) in [7, 11) is -2.78. The van der Waals surface area contributed by atoms with Crippen LogP contribution in [0.1, 0.15) is 0 Å². The fourth-order valence-electron chi connectivity index (χ4n) is 10.1. The van der Waals surface area contributed by atoms with Crippen LogP contribution in [-0.2, 0) is 0 Å². The molecule has 0 amide bonds. The maximum atomic E-state index is 2.49. The van der Waals surface area contributed by atoms with Gasteiger partial charge in [0, 0.05) is 43.9 Å².